The van der Waals surface area contributed by atoms with Gasteiger partial charge in [0, 0.05) is 17.6 Å². The first-order valence-electron chi connectivity index (χ1n) is 10.9. The fraction of sp³-hybridized carbons (Fsp3) is 0.440. The number of nitrogens with zero attached hydrogens (tertiary/aromatic N) is 4. The van der Waals surface area contributed by atoms with E-state index in [0.29, 0.717) is 6.04 Å². The molecule has 0 spiro atoms. The van der Waals surface area contributed by atoms with Crippen molar-refractivity contribution in [2.24, 2.45) is 0 Å². The molecule has 0 atom stereocenters. The monoisotopic (exact) mass is 388 g/mol. The van der Waals surface area contributed by atoms with Gasteiger partial charge in [-0.1, -0.05) is 38.5 Å². The van der Waals surface area contributed by atoms with Gasteiger partial charge < -0.3 is 4.57 Å². The predicted molar refractivity (Wildman–Crippen MR) is 122 cm³/mol. The van der Waals surface area contributed by atoms with Crippen molar-refractivity contribution in [1.82, 2.24) is 19.2 Å². The molecule has 0 aliphatic heterocycles. The minimum absolute atomic E-state index is 0.470. The maximum atomic E-state index is 5.10. The van der Waals surface area contributed by atoms with Gasteiger partial charge in [-0.2, -0.15) is 9.61 Å². The second kappa shape index (κ2) is 7.33. The first-order chi connectivity index (χ1) is 13.9. The van der Waals surface area contributed by atoms with Crippen LogP contribution < -0.4 is 0 Å². The normalized spacial score (nSPS) is 12.0. The molecule has 3 heterocycles. The summed E-state index contributed by atoms with van der Waals surface area (Å²) in [5.41, 5.74) is 10.7. The number of aryl methyl sites for hydroxylation is 5. The van der Waals surface area contributed by atoms with Crippen LogP contribution in [0.1, 0.15) is 67.7 Å². The van der Waals surface area contributed by atoms with Gasteiger partial charge in [0.25, 0.3) is 0 Å². The van der Waals surface area contributed by atoms with Crippen LogP contribution in [0.15, 0.2) is 24.4 Å². The maximum Gasteiger partial charge on any atom is 0.165 e. The summed E-state index contributed by atoms with van der Waals surface area (Å²) in [6.07, 6.45) is 5.31. The molecule has 0 amide bonds. The summed E-state index contributed by atoms with van der Waals surface area (Å²) in [6.45, 7) is 15.4. The summed E-state index contributed by atoms with van der Waals surface area (Å²) in [5, 5.41) is 6.29. The van der Waals surface area contributed by atoms with E-state index in [1.165, 1.54) is 38.9 Å². The zero-order valence-electron chi connectivity index (χ0n) is 18.8. The van der Waals surface area contributed by atoms with Gasteiger partial charge in [0.15, 0.2) is 5.65 Å². The number of benzene rings is 1. The molecule has 0 unspecified atom stereocenters. The molecule has 4 rings (SSSR count). The quantitative estimate of drug-likeness (QED) is 0.391. The smallest absolute Gasteiger partial charge is 0.165 e. The Labute approximate surface area is 173 Å². The van der Waals surface area contributed by atoms with Crippen molar-refractivity contribution in [3.05, 3.63) is 52.5 Å². The molecule has 0 N–H and O–H groups in total. The summed E-state index contributed by atoms with van der Waals surface area (Å²) < 4.78 is 4.51. The molecular formula is C25H32N4. The Morgan fingerprint density at radius 2 is 1.59 bits per heavy atom. The Morgan fingerprint density at radius 1 is 0.931 bits per heavy atom. The van der Waals surface area contributed by atoms with E-state index in [2.05, 4.69) is 81.9 Å². The minimum Gasteiger partial charge on any atom is -0.329 e. The summed E-state index contributed by atoms with van der Waals surface area (Å²) in [4.78, 5) is 5.06. The lowest BCUT2D eigenvalue weighted by molar-refractivity contribution is 0.480. The number of hydrogen-bond donors (Lipinski definition) is 0. The average Bonchev–Trinajstić information content (AvgIpc) is 3.25. The number of hydrogen-bond acceptors (Lipinski definition) is 2. The molecule has 29 heavy (non-hydrogen) atoms. The predicted octanol–water partition coefficient (Wildman–Crippen LogP) is 6.51. The molecule has 0 saturated heterocycles. The molecule has 152 valence electrons. The summed E-state index contributed by atoms with van der Waals surface area (Å²) >= 11 is 0. The van der Waals surface area contributed by atoms with E-state index < -0.39 is 0 Å². The molecular weight excluding hydrogens is 356 g/mol. The fourth-order valence-electron chi connectivity index (χ4n) is 4.92. The minimum atomic E-state index is 0.470. The second-order valence-electron chi connectivity index (χ2n) is 8.31. The molecule has 0 aliphatic carbocycles. The van der Waals surface area contributed by atoms with E-state index in [1.807, 2.05) is 0 Å². The van der Waals surface area contributed by atoms with Crippen molar-refractivity contribution in [2.75, 3.05) is 0 Å². The van der Waals surface area contributed by atoms with Gasteiger partial charge in [-0.3, -0.25) is 0 Å². The molecule has 3 aromatic heterocycles. The van der Waals surface area contributed by atoms with Gasteiger partial charge >= 0.3 is 0 Å². The zero-order valence-corrected chi connectivity index (χ0v) is 18.8. The molecule has 4 aromatic rings. The van der Waals surface area contributed by atoms with E-state index in [4.69, 9.17) is 10.1 Å². The van der Waals surface area contributed by atoms with E-state index >= 15 is 0 Å². The zero-order chi connectivity index (χ0) is 20.9. The van der Waals surface area contributed by atoms with E-state index in [-0.39, 0.29) is 0 Å². The topological polar surface area (TPSA) is 35.1 Å². The molecule has 4 nitrogen and oxygen atoms in total. The summed E-state index contributed by atoms with van der Waals surface area (Å²) in [7, 11) is 0. The van der Waals surface area contributed by atoms with E-state index in [9.17, 15) is 0 Å². The standard InChI is InChI=1S/C25H32N4/c1-8-19(9-2)28-12-11-20-18(7)26-24-23(21(10-3)27-29(24)25(20)28)22-16(5)13-15(4)14-17(22)6/h11-14,19H,8-10H2,1-7H3. The van der Waals surface area contributed by atoms with Crippen LogP contribution in [0, 0.1) is 27.7 Å². The highest BCUT2D eigenvalue weighted by atomic mass is 15.3. The molecule has 1 aromatic carbocycles. The van der Waals surface area contributed by atoms with E-state index in [1.54, 1.807) is 0 Å². The largest absolute Gasteiger partial charge is 0.329 e. The van der Waals surface area contributed by atoms with Gasteiger partial charge in [-0.15, -0.1) is 0 Å². The van der Waals surface area contributed by atoms with Gasteiger partial charge in [0.05, 0.1) is 17.0 Å². The average molecular weight is 389 g/mol. The second-order valence-corrected chi connectivity index (χ2v) is 8.31. The Kier molecular flexibility index (Phi) is 4.97. The van der Waals surface area contributed by atoms with Crippen molar-refractivity contribution in [3.63, 3.8) is 0 Å². The third-order valence-corrected chi connectivity index (χ3v) is 6.28. The Balaban J connectivity index is 2.14. The van der Waals surface area contributed by atoms with Crippen molar-refractivity contribution >= 4 is 16.7 Å². The fourth-order valence-corrected chi connectivity index (χ4v) is 4.92. The van der Waals surface area contributed by atoms with Crippen molar-refractivity contribution in [1.29, 1.82) is 0 Å². The van der Waals surface area contributed by atoms with Gasteiger partial charge in [-0.25, -0.2) is 4.98 Å². The van der Waals surface area contributed by atoms with Crippen LogP contribution >= 0.6 is 0 Å². The first-order valence-corrected chi connectivity index (χ1v) is 10.9. The SMILES string of the molecule is CCc1nn2c(nc(C)c3ccn(C(CC)CC)c32)c1-c1c(C)cc(C)cc1C. The van der Waals surface area contributed by atoms with Crippen LogP contribution in [0.2, 0.25) is 0 Å². The number of aromatic nitrogens is 4. The Bertz CT molecular complexity index is 1180. The highest BCUT2D eigenvalue weighted by Gasteiger charge is 2.23. The van der Waals surface area contributed by atoms with Crippen LogP contribution in [-0.4, -0.2) is 19.2 Å². The maximum absolute atomic E-state index is 5.10. The molecule has 0 radical (unpaired) electrons. The van der Waals surface area contributed by atoms with Crippen molar-refractivity contribution in [2.45, 2.75) is 73.8 Å². The Morgan fingerprint density at radius 3 is 2.17 bits per heavy atom. The third-order valence-electron chi connectivity index (χ3n) is 6.28. The first kappa shape index (κ1) is 19.7. The summed E-state index contributed by atoms with van der Waals surface area (Å²) in [6, 6.07) is 7.20. The third kappa shape index (κ3) is 2.97. The molecule has 4 heteroatoms. The lowest BCUT2D eigenvalue weighted by Gasteiger charge is -2.17. The Hall–Kier alpha value is -2.62. The lowest BCUT2D eigenvalue weighted by atomic mass is 9.93. The molecule has 0 aliphatic rings. The molecule has 0 bridgehead atoms. The number of fused-ring (bicyclic) bond motifs is 3. The highest BCUT2D eigenvalue weighted by molar-refractivity contribution is 5.89. The van der Waals surface area contributed by atoms with Crippen LogP contribution in [0.4, 0.5) is 0 Å². The molecule has 0 fully saturated rings. The molecule has 0 saturated carbocycles. The van der Waals surface area contributed by atoms with Gasteiger partial charge in [0.2, 0.25) is 0 Å². The van der Waals surface area contributed by atoms with Crippen LogP contribution in [0.5, 0.6) is 0 Å². The lowest BCUT2D eigenvalue weighted by Crippen LogP contribution is -2.09. The van der Waals surface area contributed by atoms with Crippen LogP contribution in [0.3, 0.4) is 0 Å². The van der Waals surface area contributed by atoms with Crippen molar-refractivity contribution < 1.29 is 0 Å². The van der Waals surface area contributed by atoms with Crippen LogP contribution in [-0.2, 0) is 6.42 Å². The number of rotatable bonds is 5. The summed E-state index contributed by atoms with van der Waals surface area (Å²) in [5.74, 6) is 0. The van der Waals surface area contributed by atoms with Crippen molar-refractivity contribution in [3.8, 4) is 11.1 Å². The van der Waals surface area contributed by atoms with Crippen LogP contribution in [0.25, 0.3) is 27.8 Å². The highest BCUT2D eigenvalue weighted by Crippen LogP contribution is 2.36. The van der Waals surface area contributed by atoms with E-state index in [0.717, 1.165) is 36.3 Å². The van der Waals surface area contributed by atoms with Gasteiger partial charge in [0.1, 0.15) is 5.65 Å². The van der Waals surface area contributed by atoms with Gasteiger partial charge in [-0.05, 0) is 69.7 Å².